The van der Waals surface area contributed by atoms with Crippen LogP contribution >= 0.6 is 51.3 Å². The maximum atomic E-state index is 12.2. The van der Waals surface area contributed by atoms with Gasteiger partial charge in [-0.3, -0.25) is 25.8 Å². The molecule has 0 heterocycles. The fourth-order valence-corrected chi connectivity index (χ4v) is 3.92. The van der Waals surface area contributed by atoms with Crippen molar-refractivity contribution < 1.29 is 19.1 Å². The zero-order valence-corrected chi connectivity index (χ0v) is 21.1. The molecule has 0 aliphatic heterocycles. The number of hydrogen-bond donors (Lipinski definition) is 3. The SMILES string of the molecule is CC(Oc1ccc(Cl)cc1Cl)C(=O)NNC(=S)NC(=O)COc1ccc2ccccc2c1Br. The van der Waals surface area contributed by atoms with Crippen LogP contribution < -0.4 is 25.6 Å². The molecule has 1 atom stereocenters. The number of ether oxygens (including phenoxy) is 2. The second kappa shape index (κ2) is 11.5. The van der Waals surface area contributed by atoms with Crippen LogP contribution in [0.15, 0.2) is 59.1 Å². The highest BCUT2D eigenvalue weighted by Gasteiger charge is 2.17. The molecule has 0 aliphatic carbocycles. The molecule has 3 rings (SSSR count). The van der Waals surface area contributed by atoms with E-state index in [1.807, 2.05) is 30.3 Å². The number of rotatable bonds is 6. The Morgan fingerprint density at radius 2 is 1.79 bits per heavy atom. The van der Waals surface area contributed by atoms with E-state index in [1.54, 1.807) is 18.2 Å². The van der Waals surface area contributed by atoms with Gasteiger partial charge in [0.05, 0.1) is 9.50 Å². The lowest BCUT2D eigenvalue weighted by molar-refractivity contribution is -0.128. The number of hydrogen-bond acceptors (Lipinski definition) is 5. The van der Waals surface area contributed by atoms with Crippen molar-refractivity contribution in [2.45, 2.75) is 13.0 Å². The number of hydrazine groups is 1. The van der Waals surface area contributed by atoms with E-state index in [4.69, 9.17) is 44.9 Å². The zero-order valence-electron chi connectivity index (χ0n) is 17.2. The highest BCUT2D eigenvalue weighted by atomic mass is 79.9. The van der Waals surface area contributed by atoms with E-state index in [0.29, 0.717) is 16.5 Å². The van der Waals surface area contributed by atoms with Crippen LogP contribution in [0, 0.1) is 0 Å². The molecule has 2 amide bonds. The van der Waals surface area contributed by atoms with E-state index in [1.165, 1.54) is 13.0 Å². The highest BCUT2D eigenvalue weighted by molar-refractivity contribution is 9.10. The molecule has 33 heavy (non-hydrogen) atoms. The minimum absolute atomic E-state index is 0.105. The Bertz CT molecular complexity index is 1210. The summed E-state index contributed by atoms with van der Waals surface area (Å²) in [6.07, 6.45) is -0.900. The van der Waals surface area contributed by atoms with Gasteiger partial charge in [-0.25, -0.2) is 0 Å². The largest absolute Gasteiger partial charge is 0.483 e. The van der Waals surface area contributed by atoms with Gasteiger partial charge in [0.25, 0.3) is 11.8 Å². The van der Waals surface area contributed by atoms with Crippen LogP contribution in [0.3, 0.4) is 0 Å². The summed E-state index contributed by atoms with van der Waals surface area (Å²) in [7, 11) is 0. The quantitative estimate of drug-likeness (QED) is 0.292. The van der Waals surface area contributed by atoms with Crippen molar-refractivity contribution in [1.29, 1.82) is 0 Å². The molecule has 0 fully saturated rings. The van der Waals surface area contributed by atoms with Gasteiger partial charge in [0.2, 0.25) is 0 Å². The van der Waals surface area contributed by atoms with Gasteiger partial charge in [0, 0.05) is 5.02 Å². The van der Waals surface area contributed by atoms with Crippen LogP contribution in [0.25, 0.3) is 10.8 Å². The molecule has 172 valence electrons. The normalized spacial score (nSPS) is 11.4. The van der Waals surface area contributed by atoms with Crippen LogP contribution in [0.4, 0.5) is 0 Å². The van der Waals surface area contributed by atoms with Crippen molar-refractivity contribution in [2.24, 2.45) is 0 Å². The van der Waals surface area contributed by atoms with Crippen molar-refractivity contribution in [3.05, 3.63) is 69.1 Å². The molecule has 0 saturated carbocycles. The molecule has 1 unspecified atom stereocenters. The zero-order chi connectivity index (χ0) is 24.0. The van der Waals surface area contributed by atoms with Gasteiger partial charge in [-0.2, -0.15) is 0 Å². The average molecular weight is 571 g/mol. The van der Waals surface area contributed by atoms with E-state index < -0.39 is 17.9 Å². The number of carbonyl (C=O) groups excluding carboxylic acids is 2. The van der Waals surface area contributed by atoms with E-state index in [2.05, 4.69) is 32.1 Å². The highest BCUT2D eigenvalue weighted by Crippen LogP contribution is 2.33. The molecule has 0 saturated heterocycles. The van der Waals surface area contributed by atoms with Gasteiger partial charge in [-0.05, 0) is 70.1 Å². The van der Waals surface area contributed by atoms with Crippen molar-refractivity contribution in [1.82, 2.24) is 16.2 Å². The first-order valence-electron chi connectivity index (χ1n) is 9.56. The molecule has 0 radical (unpaired) electrons. The lowest BCUT2D eigenvalue weighted by Crippen LogP contribution is -2.52. The minimum Gasteiger partial charge on any atom is -0.483 e. The first-order valence-corrected chi connectivity index (χ1v) is 11.5. The van der Waals surface area contributed by atoms with E-state index in [9.17, 15) is 9.59 Å². The molecule has 3 N–H and O–H groups in total. The third-order valence-electron chi connectivity index (χ3n) is 4.31. The lowest BCUT2D eigenvalue weighted by atomic mass is 10.1. The van der Waals surface area contributed by atoms with Crippen molar-refractivity contribution in [3.8, 4) is 11.5 Å². The summed E-state index contributed by atoms with van der Waals surface area (Å²) in [5.74, 6) is -0.215. The molecule has 11 heteroatoms. The summed E-state index contributed by atoms with van der Waals surface area (Å²) >= 11 is 20.4. The standard InChI is InChI=1S/C22H18BrCl2N3O4S/c1-12(32-17-9-7-14(24)10-16(17)25)21(30)27-28-22(33)26-19(29)11-31-18-8-6-13-4-2-3-5-15(13)20(18)23/h2-10,12H,11H2,1H3,(H,27,30)(H2,26,28,29,33). The maximum Gasteiger partial charge on any atom is 0.279 e. The molecule has 0 spiro atoms. The van der Waals surface area contributed by atoms with Gasteiger partial charge >= 0.3 is 0 Å². The van der Waals surface area contributed by atoms with Gasteiger partial charge in [-0.1, -0.05) is 53.5 Å². The van der Waals surface area contributed by atoms with Crippen LogP contribution in [0.1, 0.15) is 6.92 Å². The number of benzene rings is 3. The topological polar surface area (TPSA) is 88.7 Å². The number of fused-ring (bicyclic) bond motifs is 1. The Kier molecular flexibility index (Phi) is 8.74. The number of amides is 2. The second-order valence-corrected chi connectivity index (χ2v) is 8.76. The van der Waals surface area contributed by atoms with Gasteiger partial charge in [0.1, 0.15) is 11.5 Å². The Labute approximate surface area is 213 Å². The number of thiocarbonyl (C=S) groups is 1. The molecule has 7 nitrogen and oxygen atoms in total. The van der Waals surface area contributed by atoms with E-state index >= 15 is 0 Å². The Morgan fingerprint density at radius 3 is 2.55 bits per heavy atom. The fourth-order valence-electron chi connectivity index (χ4n) is 2.70. The molecule has 0 bridgehead atoms. The lowest BCUT2D eigenvalue weighted by Gasteiger charge is -2.17. The third-order valence-corrected chi connectivity index (χ3v) is 5.86. The molecule has 0 aliphatic rings. The van der Waals surface area contributed by atoms with Gasteiger partial charge in [-0.15, -0.1) is 0 Å². The third kappa shape index (κ3) is 6.94. The first-order chi connectivity index (χ1) is 15.7. The number of nitrogens with one attached hydrogen (secondary N) is 3. The molecule has 3 aromatic carbocycles. The molecule has 3 aromatic rings. The van der Waals surface area contributed by atoms with Gasteiger partial charge in [0.15, 0.2) is 17.8 Å². The molecular formula is C22H18BrCl2N3O4S. The van der Waals surface area contributed by atoms with Crippen molar-refractivity contribution in [2.75, 3.05) is 6.61 Å². The summed E-state index contributed by atoms with van der Waals surface area (Å²) in [5.41, 5.74) is 4.79. The van der Waals surface area contributed by atoms with Crippen LogP contribution in [0.5, 0.6) is 11.5 Å². The van der Waals surface area contributed by atoms with Crippen LogP contribution in [-0.2, 0) is 9.59 Å². The Hall–Kier alpha value is -2.59. The molecular weight excluding hydrogens is 553 g/mol. The van der Waals surface area contributed by atoms with Crippen molar-refractivity contribution >= 4 is 79.0 Å². The fraction of sp³-hybridized carbons (Fsp3) is 0.136. The van der Waals surface area contributed by atoms with Crippen LogP contribution in [-0.4, -0.2) is 29.6 Å². The molecule has 0 aromatic heterocycles. The summed E-state index contributed by atoms with van der Waals surface area (Å²) in [5, 5.41) is 5.04. The first kappa shape index (κ1) is 25.0. The van der Waals surface area contributed by atoms with Crippen molar-refractivity contribution in [3.63, 3.8) is 0 Å². The predicted octanol–water partition coefficient (Wildman–Crippen LogP) is 4.78. The predicted molar refractivity (Wildman–Crippen MR) is 136 cm³/mol. The number of carbonyl (C=O) groups is 2. The van der Waals surface area contributed by atoms with E-state index in [0.717, 1.165) is 15.2 Å². The number of halogens is 3. The van der Waals surface area contributed by atoms with E-state index in [-0.39, 0.29) is 16.7 Å². The van der Waals surface area contributed by atoms with Crippen LogP contribution in [0.2, 0.25) is 10.0 Å². The summed E-state index contributed by atoms with van der Waals surface area (Å²) in [6.45, 7) is 1.25. The summed E-state index contributed by atoms with van der Waals surface area (Å²) < 4.78 is 11.8. The summed E-state index contributed by atoms with van der Waals surface area (Å²) in [6, 6.07) is 16.1. The monoisotopic (exact) mass is 569 g/mol. The second-order valence-electron chi connectivity index (χ2n) is 6.71. The Morgan fingerprint density at radius 1 is 1.06 bits per heavy atom. The maximum absolute atomic E-state index is 12.2. The van der Waals surface area contributed by atoms with Gasteiger partial charge < -0.3 is 9.47 Å². The minimum atomic E-state index is -0.900. The Balaban J connectivity index is 1.44. The summed E-state index contributed by atoms with van der Waals surface area (Å²) in [4.78, 5) is 24.3. The smallest absolute Gasteiger partial charge is 0.279 e. The average Bonchev–Trinajstić information content (AvgIpc) is 2.79.